The molecular weight excluding hydrogens is 306 g/mol. The van der Waals surface area contributed by atoms with Crippen LogP contribution in [0.1, 0.15) is 11.1 Å². The number of amides is 1. The van der Waals surface area contributed by atoms with Crippen molar-refractivity contribution in [2.24, 2.45) is 0 Å². The molecule has 0 aliphatic rings. The first-order valence-corrected chi connectivity index (χ1v) is 7.34. The van der Waals surface area contributed by atoms with Gasteiger partial charge in [-0.25, -0.2) is 0 Å². The average molecular weight is 321 g/mol. The molecule has 0 aliphatic heterocycles. The summed E-state index contributed by atoms with van der Waals surface area (Å²) in [4.78, 5) is 24.3. The molecule has 0 bridgehead atoms. The van der Waals surface area contributed by atoms with Crippen molar-refractivity contribution in [3.63, 3.8) is 0 Å². The lowest BCUT2D eigenvalue weighted by Gasteiger charge is -2.06. The number of carbonyl (C=O) groups excluding carboxylic acids is 1. The predicted octanol–water partition coefficient (Wildman–Crippen LogP) is 3.46. The summed E-state index contributed by atoms with van der Waals surface area (Å²) in [6, 6.07) is 11.6. The summed E-state index contributed by atoms with van der Waals surface area (Å²) in [5.74, 6) is -0.244. The molecule has 0 unspecified atom stereocenters. The van der Waals surface area contributed by atoms with Crippen molar-refractivity contribution in [2.45, 2.75) is 6.92 Å². The van der Waals surface area contributed by atoms with Crippen molar-refractivity contribution < 1.29 is 14.3 Å². The molecule has 120 valence electrons. The van der Waals surface area contributed by atoms with Gasteiger partial charge >= 0.3 is 0 Å². The molecule has 24 heavy (non-hydrogen) atoms. The SMILES string of the molecule is Cc1cc(O)ccc1NC(=O)/C=C/c1coc2ccccc2c1=O. The van der Waals surface area contributed by atoms with Gasteiger partial charge in [0.1, 0.15) is 17.6 Å². The highest BCUT2D eigenvalue weighted by molar-refractivity contribution is 6.02. The number of anilines is 1. The Kier molecular flexibility index (Phi) is 4.16. The number of phenolic OH excluding ortho intramolecular Hbond substituents is 1. The number of phenols is 1. The molecule has 0 aliphatic carbocycles. The first-order valence-electron chi connectivity index (χ1n) is 7.34. The lowest BCUT2D eigenvalue weighted by atomic mass is 10.1. The lowest BCUT2D eigenvalue weighted by Crippen LogP contribution is -2.10. The largest absolute Gasteiger partial charge is 0.508 e. The van der Waals surface area contributed by atoms with Gasteiger partial charge in [-0.15, -0.1) is 0 Å². The molecule has 2 N–H and O–H groups in total. The Bertz CT molecular complexity index is 1000. The molecule has 3 rings (SSSR count). The number of carbonyl (C=O) groups is 1. The first-order chi connectivity index (χ1) is 11.5. The second kappa shape index (κ2) is 6.42. The van der Waals surface area contributed by atoms with E-state index in [1.165, 1.54) is 24.5 Å². The third-order valence-corrected chi connectivity index (χ3v) is 3.59. The fourth-order valence-corrected chi connectivity index (χ4v) is 2.34. The van der Waals surface area contributed by atoms with Crippen LogP contribution < -0.4 is 10.7 Å². The highest BCUT2D eigenvalue weighted by Crippen LogP contribution is 2.20. The molecule has 5 nitrogen and oxygen atoms in total. The second-order valence-corrected chi connectivity index (χ2v) is 5.34. The van der Waals surface area contributed by atoms with Gasteiger partial charge in [0.15, 0.2) is 5.43 Å². The van der Waals surface area contributed by atoms with Crippen LogP contribution in [0.15, 0.2) is 64.0 Å². The fourth-order valence-electron chi connectivity index (χ4n) is 2.34. The van der Waals surface area contributed by atoms with Gasteiger partial charge in [-0.2, -0.15) is 0 Å². The number of nitrogens with one attached hydrogen (secondary N) is 1. The van der Waals surface area contributed by atoms with E-state index in [1.54, 1.807) is 43.3 Å². The molecule has 0 spiro atoms. The number of aromatic hydroxyl groups is 1. The quantitative estimate of drug-likeness (QED) is 0.572. The maximum atomic E-state index is 12.3. The van der Waals surface area contributed by atoms with Gasteiger partial charge < -0.3 is 14.8 Å². The van der Waals surface area contributed by atoms with Crippen LogP contribution in [-0.2, 0) is 4.79 Å². The smallest absolute Gasteiger partial charge is 0.248 e. The van der Waals surface area contributed by atoms with Crippen LogP contribution in [0.5, 0.6) is 5.75 Å². The summed E-state index contributed by atoms with van der Waals surface area (Å²) >= 11 is 0. The second-order valence-electron chi connectivity index (χ2n) is 5.34. The Balaban J connectivity index is 1.81. The van der Waals surface area contributed by atoms with Gasteiger partial charge in [0, 0.05) is 11.8 Å². The zero-order valence-electron chi connectivity index (χ0n) is 12.9. The van der Waals surface area contributed by atoms with Crippen molar-refractivity contribution >= 4 is 28.6 Å². The maximum Gasteiger partial charge on any atom is 0.248 e. The summed E-state index contributed by atoms with van der Waals surface area (Å²) in [7, 11) is 0. The summed E-state index contributed by atoms with van der Waals surface area (Å²) in [6.07, 6.45) is 4.02. The summed E-state index contributed by atoms with van der Waals surface area (Å²) in [5, 5.41) is 12.5. The number of hydrogen-bond donors (Lipinski definition) is 2. The molecule has 0 radical (unpaired) electrons. The van der Waals surface area contributed by atoms with Crippen LogP contribution in [0.25, 0.3) is 17.0 Å². The highest BCUT2D eigenvalue weighted by atomic mass is 16.3. The Morgan fingerprint density at radius 2 is 2.00 bits per heavy atom. The van der Waals surface area contributed by atoms with Gasteiger partial charge in [-0.1, -0.05) is 12.1 Å². The molecule has 0 fully saturated rings. The minimum Gasteiger partial charge on any atom is -0.508 e. The van der Waals surface area contributed by atoms with Crippen LogP contribution in [0.4, 0.5) is 5.69 Å². The molecule has 1 amide bonds. The van der Waals surface area contributed by atoms with Crippen molar-refractivity contribution in [3.8, 4) is 5.75 Å². The van der Waals surface area contributed by atoms with Gasteiger partial charge in [0.2, 0.25) is 5.91 Å². The van der Waals surface area contributed by atoms with E-state index in [2.05, 4.69) is 5.32 Å². The number of rotatable bonds is 3. The summed E-state index contributed by atoms with van der Waals surface area (Å²) in [5.41, 5.74) is 1.94. The molecule has 5 heteroatoms. The minimum atomic E-state index is -0.378. The van der Waals surface area contributed by atoms with Gasteiger partial charge in [0.25, 0.3) is 0 Å². The monoisotopic (exact) mass is 321 g/mol. The topological polar surface area (TPSA) is 79.5 Å². The van der Waals surface area contributed by atoms with Gasteiger partial charge in [-0.05, 0) is 48.9 Å². The Labute approximate surface area is 137 Å². The molecular formula is C19H15NO4. The van der Waals surface area contributed by atoms with Gasteiger partial charge in [0.05, 0.1) is 10.9 Å². The van der Waals surface area contributed by atoms with Crippen LogP contribution in [-0.4, -0.2) is 11.0 Å². The minimum absolute atomic E-state index is 0.134. The number of para-hydroxylation sites is 1. The highest BCUT2D eigenvalue weighted by Gasteiger charge is 2.06. The van der Waals surface area contributed by atoms with E-state index >= 15 is 0 Å². The molecule has 0 saturated carbocycles. The van der Waals surface area contributed by atoms with Crippen molar-refractivity contribution in [1.29, 1.82) is 0 Å². The number of aryl methyl sites for hydroxylation is 1. The van der Waals surface area contributed by atoms with Crippen molar-refractivity contribution in [2.75, 3.05) is 5.32 Å². The lowest BCUT2D eigenvalue weighted by molar-refractivity contribution is -0.111. The van der Waals surface area contributed by atoms with E-state index in [0.717, 1.165) is 5.56 Å². The van der Waals surface area contributed by atoms with Crippen LogP contribution >= 0.6 is 0 Å². The molecule has 1 heterocycles. The van der Waals surface area contributed by atoms with Crippen LogP contribution in [0.2, 0.25) is 0 Å². The number of benzene rings is 2. The van der Waals surface area contributed by atoms with E-state index < -0.39 is 0 Å². The Morgan fingerprint density at radius 3 is 2.79 bits per heavy atom. The fraction of sp³-hybridized carbons (Fsp3) is 0.0526. The molecule has 0 saturated heterocycles. The third-order valence-electron chi connectivity index (χ3n) is 3.59. The third kappa shape index (κ3) is 3.20. The van der Waals surface area contributed by atoms with E-state index in [0.29, 0.717) is 22.2 Å². The average Bonchev–Trinajstić information content (AvgIpc) is 2.57. The van der Waals surface area contributed by atoms with Crippen molar-refractivity contribution in [1.82, 2.24) is 0 Å². The number of fused-ring (bicyclic) bond motifs is 1. The molecule has 3 aromatic rings. The van der Waals surface area contributed by atoms with E-state index in [9.17, 15) is 14.7 Å². The number of hydrogen-bond acceptors (Lipinski definition) is 4. The van der Waals surface area contributed by atoms with Crippen molar-refractivity contribution in [3.05, 3.63) is 76.2 Å². The van der Waals surface area contributed by atoms with Crippen LogP contribution in [0, 0.1) is 6.92 Å². The first kappa shape index (κ1) is 15.6. The molecule has 1 aromatic heterocycles. The zero-order chi connectivity index (χ0) is 17.1. The van der Waals surface area contributed by atoms with E-state index in [-0.39, 0.29) is 17.1 Å². The molecule has 2 aromatic carbocycles. The predicted molar refractivity (Wildman–Crippen MR) is 93.0 cm³/mol. The zero-order valence-corrected chi connectivity index (χ0v) is 12.9. The Hall–Kier alpha value is -3.34. The summed E-state index contributed by atoms with van der Waals surface area (Å²) < 4.78 is 5.40. The summed E-state index contributed by atoms with van der Waals surface area (Å²) in [6.45, 7) is 1.77. The normalized spacial score (nSPS) is 11.0. The standard InChI is InChI=1S/C19H15NO4/c1-12-10-14(21)7-8-16(12)20-18(22)9-6-13-11-24-17-5-3-2-4-15(17)19(13)23/h2-11,21H,1H3,(H,20,22)/b9-6+. The maximum absolute atomic E-state index is 12.3. The molecule has 0 atom stereocenters. The van der Waals surface area contributed by atoms with Crippen LogP contribution in [0.3, 0.4) is 0 Å². The van der Waals surface area contributed by atoms with E-state index in [1.807, 2.05) is 0 Å². The van der Waals surface area contributed by atoms with Gasteiger partial charge in [-0.3, -0.25) is 9.59 Å². The Morgan fingerprint density at radius 1 is 1.21 bits per heavy atom. The van der Waals surface area contributed by atoms with E-state index in [4.69, 9.17) is 4.42 Å².